The van der Waals surface area contributed by atoms with Gasteiger partial charge in [-0.3, -0.25) is 0 Å². The number of aryl methyl sites for hydroxylation is 2. The average molecular weight is 274 g/mol. The fourth-order valence-corrected chi connectivity index (χ4v) is 3.14. The van der Waals surface area contributed by atoms with Gasteiger partial charge in [0.05, 0.1) is 11.0 Å². The number of para-hydroxylation sites is 2. The Balaban J connectivity index is 2.00. The molecule has 2 nitrogen and oxygen atoms in total. The average Bonchev–Trinajstić information content (AvgIpc) is 2.90. The van der Waals surface area contributed by atoms with Crippen LogP contribution in [-0.2, 0) is 13.0 Å². The second-order valence-corrected chi connectivity index (χ2v) is 5.53. The maximum absolute atomic E-state index is 4.91. The van der Waals surface area contributed by atoms with Crippen LogP contribution in [0.2, 0.25) is 0 Å². The first-order valence-electron chi connectivity index (χ1n) is 7.62. The van der Waals surface area contributed by atoms with Crippen LogP contribution in [-0.4, -0.2) is 9.55 Å². The molecule has 0 radical (unpaired) electrons. The quantitative estimate of drug-likeness (QED) is 0.548. The van der Waals surface area contributed by atoms with Crippen molar-refractivity contribution in [3.05, 3.63) is 66.2 Å². The molecule has 2 aromatic carbocycles. The minimum atomic E-state index is 0.987. The van der Waals surface area contributed by atoms with E-state index >= 15 is 0 Å². The summed E-state index contributed by atoms with van der Waals surface area (Å²) >= 11 is 0. The summed E-state index contributed by atoms with van der Waals surface area (Å²) in [6, 6.07) is 17.1. The minimum absolute atomic E-state index is 0.987. The lowest BCUT2D eigenvalue weighted by Crippen LogP contribution is -2.03. The molecule has 21 heavy (non-hydrogen) atoms. The van der Waals surface area contributed by atoms with E-state index in [0.29, 0.717) is 0 Å². The third-order valence-corrected chi connectivity index (χ3v) is 4.18. The van der Waals surface area contributed by atoms with E-state index in [9.17, 15) is 0 Å². The van der Waals surface area contributed by atoms with Crippen LogP contribution in [0.1, 0.15) is 18.4 Å². The van der Waals surface area contributed by atoms with E-state index in [4.69, 9.17) is 4.98 Å². The fraction of sp³-hybridized carbons (Fsp3) is 0.211. The summed E-state index contributed by atoms with van der Waals surface area (Å²) in [4.78, 5) is 4.91. The Bertz CT molecular complexity index is 811. The van der Waals surface area contributed by atoms with Crippen molar-refractivity contribution in [3.8, 4) is 11.4 Å². The molecule has 0 saturated heterocycles. The summed E-state index contributed by atoms with van der Waals surface area (Å²) in [5, 5.41) is 0. The molecule has 1 aliphatic heterocycles. The molecule has 3 aromatic rings. The molecular formula is C19H18N2. The molecule has 4 rings (SSSR count). The molecule has 1 aliphatic rings. The Morgan fingerprint density at radius 1 is 0.857 bits per heavy atom. The second-order valence-electron chi connectivity index (χ2n) is 5.53. The van der Waals surface area contributed by atoms with E-state index in [1.807, 2.05) is 0 Å². The zero-order valence-corrected chi connectivity index (χ0v) is 12.0. The second kappa shape index (κ2) is 5.21. The van der Waals surface area contributed by atoms with Crippen LogP contribution >= 0.6 is 0 Å². The van der Waals surface area contributed by atoms with Crippen LogP contribution in [0.15, 0.2) is 60.7 Å². The summed E-state index contributed by atoms with van der Waals surface area (Å²) in [5.74, 6) is 1.11. The molecule has 0 unspecified atom stereocenters. The number of hydrogen-bond acceptors (Lipinski definition) is 1. The Hall–Kier alpha value is -2.35. The van der Waals surface area contributed by atoms with Gasteiger partial charge in [-0.05, 0) is 37.0 Å². The van der Waals surface area contributed by atoms with Gasteiger partial charge in [-0.15, -0.1) is 0 Å². The molecule has 104 valence electrons. The molecule has 2 heterocycles. The van der Waals surface area contributed by atoms with Crippen LogP contribution in [0.4, 0.5) is 0 Å². The lowest BCUT2D eigenvalue weighted by atomic mass is 10.0. The van der Waals surface area contributed by atoms with Crippen LogP contribution in [0, 0.1) is 0 Å². The number of benzene rings is 2. The van der Waals surface area contributed by atoms with Crippen molar-refractivity contribution in [2.24, 2.45) is 0 Å². The Morgan fingerprint density at radius 3 is 2.67 bits per heavy atom. The van der Waals surface area contributed by atoms with E-state index in [1.54, 1.807) is 0 Å². The highest BCUT2D eigenvalue weighted by Crippen LogP contribution is 2.29. The van der Waals surface area contributed by atoms with Gasteiger partial charge in [0.15, 0.2) is 0 Å². The van der Waals surface area contributed by atoms with E-state index in [0.717, 1.165) is 37.1 Å². The SMILES string of the molecule is C1=C/CCn2c(nc3ccccc32)-c2ccccc2CC/1. The summed E-state index contributed by atoms with van der Waals surface area (Å²) < 4.78 is 2.36. The van der Waals surface area contributed by atoms with Gasteiger partial charge in [0, 0.05) is 12.1 Å². The van der Waals surface area contributed by atoms with Gasteiger partial charge in [0.1, 0.15) is 5.82 Å². The molecule has 0 fully saturated rings. The molecule has 0 bridgehead atoms. The van der Waals surface area contributed by atoms with Crippen LogP contribution < -0.4 is 0 Å². The smallest absolute Gasteiger partial charge is 0.141 e. The number of nitrogens with zero attached hydrogens (tertiary/aromatic N) is 2. The van der Waals surface area contributed by atoms with E-state index in [-0.39, 0.29) is 0 Å². The first-order chi connectivity index (χ1) is 10.4. The Labute approximate surface area is 124 Å². The molecule has 0 atom stereocenters. The van der Waals surface area contributed by atoms with Crippen LogP contribution in [0.3, 0.4) is 0 Å². The lowest BCUT2D eigenvalue weighted by Gasteiger charge is -2.13. The monoisotopic (exact) mass is 274 g/mol. The van der Waals surface area contributed by atoms with Crippen LogP contribution in [0.5, 0.6) is 0 Å². The van der Waals surface area contributed by atoms with Gasteiger partial charge in [-0.25, -0.2) is 4.98 Å². The first kappa shape index (κ1) is 12.4. The summed E-state index contributed by atoms with van der Waals surface area (Å²) in [7, 11) is 0. The third-order valence-electron chi connectivity index (χ3n) is 4.18. The number of rotatable bonds is 0. The Morgan fingerprint density at radius 2 is 1.67 bits per heavy atom. The fourth-order valence-electron chi connectivity index (χ4n) is 3.14. The Kier molecular flexibility index (Phi) is 3.07. The normalized spacial score (nSPS) is 16.2. The predicted molar refractivity (Wildman–Crippen MR) is 87.2 cm³/mol. The highest BCUT2D eigenvalue weighted by Gasteiger charge is 2.14. The summed E-state index contributed by atoms with van der Waals surface area (Å²) in [6.07, 6.45) is 7.86. The minimum Gasteiger partial charge on any atom is -0.324 e. The van der Waals surface area contributed by atoms with Crippen molar-refractivity contribution >= 4 is 11.0 Å². The van der Waals surface area contributed by atoms with Crippen molar-refractivity contribution in [2.75, 3.05) is 0 Å². The number of hydrogen-bond donors (Lipinski definition) is 0. The van der Waals surface area contributed by atoms with Gasteiger partial charge in [-0.2, -0.15) is 0 Å². The van der Waals surface area contributed by atoms with E-state index < -0.39 is 0 Å². The first-order valence-corrected chi connectivity index (χ1v) is 7.62. The van der Waals surface area contributed by atoms with Crippen molar-refractivity contribution in [1.29, 1.82) is 0 Å². The highest BCUT2D eigenvalue weighted by atomic mass is 15.1. The van der Waals surface area contributed by atoms with Gasteiger partial charge < -0.3 is 4.57 Å². The topological polar surface area (TPSA) is 17.8 Å². The largest absolute Gasteiger partial charge is 0.324 e. The highest BCUT2D eigenvalue weighted by molar-refractivity contribution is 5.81. The van der Waals surface area contributed by atoms with Gasteiger partial charge in [0.2, 0.25) is 0 Å². The molecule has 0 amide bonds. The van der Waals surface area contributed by atoms with E-state index in [2.05, 4.69) is 65.3 Å². The number of imidazole rings is 1. The van der Waals surface area contributed by atoms with E-state index in [1.165, 1.54) is 16.6 Å². The number of fused-ring (bicyclic) bond motifs is 5. The van der Waals surface area contributed by atoms with Gasteiger partial charge in [0.25, 0.3) is 0 Å². The molecule has 2 heteroatoms. The standard InChI is InChI=1S/C19H18N2/c1-2-8-14-21-18-13-7-6-12-17(18)20-19(21)16-11-5-4-10-15(16)9-3-1/h1-2,4-7,10-13H,3,8-9,14H2/b2-1+. The molecular weight excluding hydrogens is 256 g/mol. The molecule has 1 aromatic heterocycles. The lowest BCUT2D eigenvalue weighted by molar-refractivity contribution is 0.732. The predicted octanol–water partition coefficient (Wildman–Crippen LogP) is 4.60. The van der Waals surface area contributed by atoms with Gasteiger partial charge in [-0.1, -0.05) is 48.6 Å². The van der Waals surface area contributed by atoms with Gasteiger partial charge >= 0.3 is 0 Å². The zero-order valence-electron chi connectivity index (χ0n) is 12.0. The zero-order chi connectivity index (χ0) is 14.1. The van der Waals surface area contributed by atoms with Crippen molar-refractivity contribution in [3.63, 3.8) is 0 Å². The number of allylic oxidation sites excluding steroid dienone is 2. The van der Waals surface area contributed by atoms with Crippen LogP contribution in [0.25, 0.3) is 22.4 Å². The molecule has 0 N–H and O–H groups in total. The molecule has 0 aliphatic carbocycles. The molecule has 0 spiro atoms. The van der Waals surface area contributed by atoms with Crippen molar-refractivity contribution < 1.29 is 0 Å². The summed E-state index contributed by atoms with van der Waals surface area (Å²) in [5.41, 5.74) is 4.99. The maximum Gasteiger partial charge on any atom is 0.141 e. The summed E-state index contributed by atoms with van der Waals surface area (Å²) in [6.45, 7) is 0.987. The third kappa shape index (κ3) is 2.17. The van der Waals surface area contributed by atoms with Crippen molar-refractivity contribution in [1.82, 2.24) is 9.55 Å². The number of aromatic nitrogens is 2. The molecule has 0 saturated carbocycles. The maximum atomic E-state index is 4.91. The van der Waals surface area contributed by atoms with Crippen molar-refractivity contribution in [2.45, 2.75) is 25.8 Å².